The highest BCUT2D eigenvalue weighted by molar-refractivity contribution is 6.01. The van der Waals surface area contributed by atoms with Crippen LogP contribution in [0.4, 0.5) is 5.82 Å². The molecule has 0 aliphatic carbocycles. The molecule has 0 saturated heterocycles. The number of aromatic nitrogens is 3. The summed E-state index contributed by atoms with van der Waals surface area (Å²) in [6.07, 6.45) is 3.37. The second-order valence-electron chi connectivity index (χ2n) is 7.38. The summed E-state index contributed by atoms with van der Waals surface area (Å²) >= 11 is 0. The fraction of sp³-hybridized carbons (Fsp3) is 0.125. The molecule has 0 saturated carbocycles. The SMILES string of the molecule is CC(=O)c1cc(-c2ccc3[nH]ncc3c2)c(-c2cccc(C#N)c2)nc1N=CN(C)C. The van der Waals surface area contributed by atoms with E-state index >= 15 is 0 Å². The van der Waals surface area contributed by atoms with E-state index in [4.69, 9.17) is 4.98 Å². The molecular formula is C24H20N6O. The van der Waals surface area contributed by atoms with Crippen molar-refractivity contribution < 1.29 is 4.79 Å². The quantitative estimate of drug-likeness (QED) is 0.296. The van der Waals surface area contributed by atoms with E-state index in [-0.39, 0.29) is 5.78 Å². The van der Waals surface area contributed by atoms with Crippen LogP contribution in [0.25, 0.3) is 33.3 Å². The van der Waals surface area contributed by atoms with Gasteiger partial charge >= 0.3 is 0 Å². The molecule has 0 spiro atoms. The first-order chi connectivity index (χ1) is 15.0. The number of nitriles is 1. The summed E-state index contributed by atoms with van der Waals surface area (Å²) in [5.41, 5.74) is 4.99. The van der Waals surface area contributed by atoms with E-state index in [9.17, 15) is 10.1 Å². The number of fused-ring (bicyclic) bond motifs is 1. The highest BCUT2D eigenvalue weighted by atomic mass is 16.1. The van der Waals surface area contributed by atoms with Crippen LogP contribution in [0.1, 0.15) is 22.8 Å². The number of Topliss-reactive ketones (excluding diaryl/α,β-unsaturated/α-hetero) is 1. The molecule has 0 bridgehead atoms. The lowest BCUT2D eigenvalue weighted by Crippen LogP contribution is -2.08. The summed E-state index contributed by atoms with van der Waals surface area (Å²) in [7, 11) is 3.70. The Bertz CT molecular complexity index is 1360. The maximum absolute atomic E-state index is 12.4. The molecule has 0 amide bonds. The average Bonchev–Trinajstić information content (AvgIpc) is 3.25. The van der Waals surface area contributed by atoms with Crippen LogP contribution in [0.3, 0.4) is 0 Å². The van der Waals surface area contributed by atoms with Crippen molar-refractivity contribution in [2.24, 2.45) is 4.99 Å². The lowest BCUT2D eigenvalue weighted by molar-refractivity contribution is 0.101. The van der Waals surface area contributed by atoms with Crippen molar-refractivity contribution >= 4 is 28.8 Å². The van der Waals surface area contributed by atoms with Crippen LogP contribution < -0.4 is 0 Å². The molecule has 1 N–H and O–H groups in total. The van der Waals surface area contributed by atoms with Gasteiger partial charge in [0.2, 0.25) is 0 Å². The maximum Gasteiger partial charge on any atom is 0.165 e. The summed E-state index contributed by atoms with van der Waals surface area (Å²) in [4.78, 5) is 23.4. The van der Waals surface area contributed by atoms with Crippen LogP contribution in [-0.4, -0.2) is 46.3 Å². The summed E-state index contributed by atoms with van der Waals surface area (Å²) in [6.45, 7) is 1.50. The molecule has 4 aromatic rings. The number of aliphatic imine (C=N–C) groups is 1. The number of pyridine rings is 1. The van der Waals surface area contributed by atoms with E-state index in [0.717, 1.165) is 27.6 Å². The first-order valence-electron chi connectivity index (χ1n) is 9.67. The smallest absolute Gasteiger partial charge is 0.165 e. The van der Waals surface area contributed by atoms with Crippen molar-refractivity contribution in [1.82, 2.24) is 20.1 Å². The van der Waals surface area contributed by atoms with Gasteiger partial charge in [-0.2, -0.15) is 10.4 Å². The minimum atomic E-state index is -0.124. The minimum Gasteiger partial charge on any atom is -0.369 e. The van der Waals surface area contributed by atoms with Crippen LogP contribution in [0.5, 0.6) is 0 Å². The fourth-order valence-electron chi connectivity index (χ4n) is 3.32. The number of carbonyl (C=O) groups is 1. The average molecular weight is 408 g/mol. The zero-order valence-corrected chi connectivity index (χ0v) is 17.4. The van der Waals surface area contributed by atoms with Gasteiger partial charge in [0.05, 0.1) is 40.9 Å². The molecule has 0 fully saturated rings. The number of benzene rings is 2. The number of ketones is 1. The molecule has 7 heteroatoms. The number of aromatic amines is 1. The third-order valence-electron chi connectivity index (χ3n) is 4.81. The second kappa shape index (κ2) is 8.20. The van der Waals surface area contributed by atoms with Gasteiger partial charge in [-0.05, 0) is 42.8 Å². The van der Waals surface area contributed by atoms with Crippen molar-refractivity contribution in [3.8, 4) is 28.5 Å². The monoisotopic (exact) mass is 408 g/mol. The van der Waals surface area contributed by atoms with E-state index in [1.54, 1.807) is 29.6 Å². The predicted octanol–water partition coefficient (Wildman–Crippen LogP) is 4.59. The van der Waals surface area contributed by atoms with Crippen molar-refractivity contribution in [3.05, 3.63) is 65.9 Å². The second-order valence-corrected chi connectivity index (χ2v) is 7.38. The third-order valence-corrected chi connectivity index (χ3v) is 4.81. The Balaban J connectivity index is 2.01. The molecule has 0 unspecified atom stereocenters. The van der Waals surface area contributed by atoms with Gasteiger partial charge in [-0.1, -0.05) is 18.2 Å². The van der Waals surface area contributed by atoms with Crippen LogP contribution >= 0.6 is 0 Å². The molecule has 0 radical (unpaired) electrons. The van der Waals surface area contributed by atoms with E-state index in [1.807, 2.05) is 50.5 Å². The molecule has 31 heavy (non-hydrogen) atoms. The van der Waals surface area contributed by atoms with Gasteiger partial charge in [0, 0.05) is 30.6 Å². The summed E-state index contributed by atoms with van der Waals surface area (Å²) in [6, 6.07) is 17.2. The van der Waals surface area contributed by atoms with E-state index < -0.39 is 0 Å². The summed E-state index contributed by atoms with van der Waals surface area (Å²) in [5.74, 6) is 0.216. The molecule has 0 aliphatic rings. The topological polar surface area (TPSA) is 98.0 Å². The number of hydrogen-bond acceptors (Lipinski definition) is 5. The van der Waals surface area contributed by atoms with Gasteiger partial charge in [0.1, 0.15) is 0 Å². The normalized spacial score (nSPS) is 11.0. The molecule has 2 aromatic heterocycles. The minimum absolute atomic E-state index is 0.124. The van der Waals surface area contributed by atoms with Crippen molar-refractivity contribution in [2.45, 2.75) is 6.92 Å². The fourth-order valence-corrected chi connectivity index (χ4v) is 3.32. The van der Waals surface area contributed by atoms with Crippen molar-refractivity contribution in [2.75, 3.05) is 14.1 Å². The molecule has 0 atom stereocenters. The van der Waals surface area contributed by atoms with Crippen LogP contribution in [0.2, 0.25) is 0 Å². The number of H-pyrrole nitrogens is 1. The van der Waals surface area contributed by atoms with Crippen molar-refractivity contribution in [3.63, 3.8) is 0 Å². The van der Waals surface area contributed by atoms with Gasteiger partial charge in [-0.25, -0.2) is 9.98 Å². The zero-order valence-electron chi connectivity index (χ0n) is 17.4. The molecule has 152 valence electrons. The van der Waals surface area contributed by atoms with E-state index in [1.165, 1.54) is 6.92 Å². The molecule has 0 aliphatic heterocycles. The number of hydrogen-bond donors (Lipinski definition) is 1. The Morgan fingerprint density at radius 3 is 2.74 bits per heavy atom. The largest absolute Gasteiger partial charge is 0.369 e. The van der Waals surface area contributed by atoms with Gasteiger partial charge in [-0.15, -0.1) is 0 Å². The number of nitrogens with zero attached hydrogens (tertiary/aromatic N) is 5. The molecular weight excluding hydrogens is 388 g/mol. The first-order valence-corrected chi connectivity index (χ1v) is 9.67. The molecule has 4 rings (SSSR count). The number of carbonyl (C=O) groups excluding carboxylic acids is 1. The highest BCUT2D eigenvalue weighted by Gasteiger charge is 2.18. The molecule has 2 aromatic carbocycles. The number of rotatable bonds is 5. The van der Waals surface area contributed by atoms with Crippen LogP contribution in [-0.2, 0) is 0 Å². The Hall–Kier alpha value is -4.31. The maximum atomic E-state index is 12.4. The third kappa shape index (κ3) is 4.05. The highest BCUT2D eigenvalue weighted by Crippen LogP contribution is 2.36. The van der Waals surface area contributed by atoms with Crippen LogP contribution in [0.15, 0.2) is 59.7 Å². The lowest BCUT2D eigenvalue weighted by Gasteiger charge is -2.14. The standard InChI is InChI=1S/C24H20N6O/c1-15(31)20-11-21(17-7-8-22-19(10-17)13-27-29-22)23(28-24(20)26-14-30(2)3)18-6-4-5-16(9-18)12-25/h4-11,13-14H,1-3H3,(H,27,29). The van der Waals surface area contributed by atoms with Gasteiger partial charge in [-0.3, -0.25) is 9.89 Å². The van der Waals surface area contributed by atoms with Gasteiger partial charge in [0.15, 0.2) is 11.6 Å². The number of nitrogens with one attached hydrogen (secondary N) is 1. The Labute approximate surface area is 179 Å². The van der Waals surface area contributed by atoms with Gasteiger partial charge in [0.25, 0.3) is 0 Å². The van der Waals surface area contributed by atoms with E-state index in [0.29, 0.717) is 22.6 Å². The van der Waals surface area contributed by atoms with Crippen LogP contribution in [0, 0.1) is 11.3 Å². The van der Waals surface area contributed by atoms with Crippen molar-refractivity contribution in [1.29, 1.82) is 5.26 Å². The first kappa shape index (κ1) is 20.0. The molecule has 2 heterocycles. The Morgan fingerprint density at radius 2 is 2.00 bits per heavy atom. The molecule has 7 nitrogen and oxygen atoms in total. The summed E-state index contributed by atoms with van der Waals surface area (Å²) in [5, 5.41) is 17.3. The zero-order chi connectivity index (χ0) is 22.0. The summed E-state index contributed by atoms with van der Waals surface area (Å²) < 4.78 is 0. The Kier molecular flexibility index (Phi) is 5.29. The van der Waals surface area contributed by atoms with Gasteiger partial charge < -0.3 is 4.90 Å². The predicted molar refractivity (Wildman–Crippen MR) is 121 cm³/mol. The van der Waals surface area contributed by atoms with E-state index in [2.05, 4.69) is 21.3 Å². The lowest BCUT2D eigenvalue weighted by atomic mass is 9.95. The Morgan fingerprint density at radius 1 is 1.16 bits per heavy atom.